The van der Waals surface area contributed by atoms with Gasteiger partial charge in [-0.25, -0.2) is 4.98 Å². The van der Waals surface area contributed by atoms with E-state index >= 15 is 0 Å². The molecule has 3 aromatic rings. The van der Waals surface area contributed by atoms with Crippen LogP contribution in [0, 0.1) is 11.8 Å². The van der Waals surface area contributed by atoms with Crippen molar-refractivity contribution < 1.29 is 9.90 Å². The number of nitrogens with one attached hydrogen (secondary N) is 1. The third kappa shape index (κ3) is 6.61. The molecule has 0 radical (unpaired) electrons. The Morgan fingerprint density at radius 3 is 2.30 bits per heavy atom. The van der Waals surface area contributed by atoms with Crippen LogP contribution in [0.15, 0.2) is 30.5 Å². The Morgan fingerprint density at radius 1 is 1.05 bits per heavy atom. The molecule has 0 amide bonds. The quantitative estimate of drug-likeness (QED) is 0.284. The molecule has 2 aliphatic rings. The highest BCUT2D eigenvalue weighted by Gasteiger charge is 2.33. The highest BCUT2D eigenvalue weighted by atomic mass is 35.5. The summed E-state index contributed by atoms with van der Waals surface area (Å²) in [6, 6.07) is 7.32. The summed E-state index contributed by atoms with van der Waals surface area (Å²) in [5.41, 5.74) is 4.14. The molecule has 1 aromatic carbocycles. The predicted octanol–water partition coefficient (Wildman–Crippen LogP) is 7.28. The van der Waals surface area contributed by atoms with E-state index in [0.29, 0.717) is 28.3 Å². The maximum Gasteiger partial charge on any atom is 0.169 e. The van der Waals surface area contributed by atoms with Crippen molar-refractivity contribution in [1.29, 1.82) is 0 Å². The summed E-state index contributed by atoms with van der Waals surface area (Å²) in [5, 5.41) is 14.0. The van der Waals surface area contributed by atoms with Crippen LogP contribution in [-0.4, -0.2) is 52.4 Å². The molecule has 6 nitrogen and oxygen atoms in total. The lowest BCUT2D eigenvalue weighted by Crippen LogP contribution is -2.31. The van der Waals surface area contributed by atoms with E-state index in [-0.39, 0.29) is 58.4 Å². The lowest BCUT2D eigenvalue weighted by atomic mass is 9.85. The van der Waals surface area contributed by atoms with Crippen molar-refractivity contribution in [2.75, 3.05) is 26.0 Å². The van der Waals surface area contributed by atoms with Gasteiger partial charge in [0, 0.05) is 30.3 Å². The first-order valence-corrected chi connectivity index (χ1v) is 13.0. The van der Waals surface area contributed by atoms with Crippen molar-refractivity contribution in [3.8, 4) is 17.0 Å². The summed E-state index contributed by atoms with van der Waals surface area (Å²) in [4.78, 5) is 24.9. The highest BCUT2D eigenvalue weighted by molar-refractivity contribution is 6.37. The van der Waals surface area contributed by atoms with E-state index in [0.717, 1.165) is 56.3 Å². The average Bonchev–Trinajstić information content (AvgIpc) is 3.68. The molecule has 0 atom stereocenters. The Kier molecular flexibility index (Phi) is 9.92. The van der Waals surface area contributed by atoms with E-state index in [1.165, 1.54) is 0 Å². The van der Waals surface area contributed by atoms with Crippen LogP contribution >= 0.6 is 48.0 Å². The SMILES string of the molecule is CN(C)CC1CCC(Nc2c(C(=O)C3CC3)cnc3ccc(-c4cc(Cl)c(O)c(Cl)c4)nc23)CC1.Cl.Cl. The van der Waals surface area contributed by atoms with Gasteiger partial charge < -0.3 is 15.3 Å². The number of Topliss-reactive ketones (excluding diaryl/α,β-unsaturated/α-hetero) is 1. The first kappa shape index (κ1) is 29.7. The molecule has 37 heavy (non-hydrogen) atoms. The predicted molar refractivity (Wildman–Crippen MR) is 156 cm³/mol. The number of rotatable bonds is 7. The molecule has 2 aromatic heterocycles. The Morgan fingerprint density at radius 2 is 1.70 bits per heavy atom. The molecule has 2 fully saturated rings. The first-order chi connectivity index (χ1) is 16.8. The third-order valence-corrected chi connectivity index (χ3v) is 7.63. The number of nitrogens with zero attached hydrogens (tertiary/aromatic N) is 3. The largest absolute Gasteiger partial charge is 0.505 e. The number of halogens is 4. The molecule has 200 valence electrons. The number of fused-ring (bicyclic) bond motifs is 1. The van der Waals surface area contributed by atoms with Gasteiger partial charge in [0.1, 0.15) is 5.52 Å². The van der Waals surface area contributed by atoms with Crippen molar-refractivity contribution in [2.24, 2.45) is 11.8 Å². The normalized spacial score (nSPS) is 19.3. The molecule has 10 heteroatoms. The van der Waals surface area contributed by atoms with Gasteiger partial charge in [-0.05, 0) is 82.8 Å². The number of hydrogen-bond acceptors (Lipinski definition) is 6. The molecule has 0 unspecified atom stereocenters. The number of carbonyl (C=O) groups is 1. The highest BCUT2D eigenvalue weighted by Crippen LogP contribution is 2.39. The van der Waals surface area contributed by atoms with Gasteiger partial charge in [0.05, 0.1) is 32.5 Å². The van der Waals surface area contributed by atoms with Crippen LogP contribution in [0.2, 0.25) is 10.0 Å². The van der Waals surface area contributed by atoms with Crippen LogP contribution < -0.4 is 5.32 Å². The molecule has 0 saturated heterocycles. The van der Waals surface area contributed by atoms with E-state index in [9.17, 15) is 9.90 Å². The van der Waals surface area contributed by atoms with E-state index < -0.39 is 0 Å². The van der Waals surface area contributed by atoms with Crippen molar-refractivity contribution in [3.63, 3.8) is 0 Å². The lowest BCUT2D eigenvalue weighted by Gasteiger charge is -2.31. The topological polar surface area (TPSA) is 78.4 Å². The summed E-state index contributed by atoms with van der Waals surface area (Å²) < 4.78 is 0. The summed E-state index contributed by atoms with van der Waals surface area (Å²) >= 11 is 12.3. The number of aromatic hydroxyl groups is 1. The number of aromatic nitrogens is 2. The van der Waals surface area contributed by atoms with Crippen LogP contribution in [0.4, 0.5) is 5.69 Å². The summed E-state index contributed by atoms with van der Waals surface area (Å²) in [6.07, 6.45) is 8.01. The summed E-state index contributed by atoms with van der Waals surface area (Å²) in [5.74, 6) is 0.789. The van der Waals surface area contributed by atoms with Gasteiger partial charge in [0.25, 0.3) is 0 Å². The molecular formula is C27H32Cl4N4O2. The minimum atomic E-state index is -0.149. The van der Waals surface area contributed by atoms with Crippen molar-refractivity contribution in [2.45, 2.75) is 44.6 Å². The second kappa shape index (κ2) is 12.4. The van der Waals surface area contributed by atoms with Crippen LogP contribution in [0.5, 0.6) is 5.75 Å². The smallest absolute Gasteiger partial charge is 0.169 e. The Labute approximate surface area is 240 Å². The second-order valence-corrected chi connectivity index (χ2v) is 11.0. The number of carbonyl (C=O) groups excluding carboxylic acids is 1. The molecule has 2 saturated carbocycles. The number of phenols is 1. The van der Waals surface area contributed by atoms with Crippen LogP contribution in [0.1, 0.15) is 48.9 Å². The molecule has 0 bridgehead atoms. The zero-order valence-electron chi connectivity index (χ0n) is 20.8. The molecule has 2 heterocycles. The maximum atomic E-state index is 13.2. The van der Waals surface area contributed by atoms with Gasteiger partial charge in [-0.1, -0.05) is 23.2 Å². The van der Waals surface area contributed by atoms with Gasteiger partial charge in [-0.2, -0.15) is 0 Å². The standard InChI is InChI=1S/C27H30Cl2N4O2.2ClH/c1-33(2)14-15-3-7-18(8-4-15)31-24-19(26(34)16-5-6-16)13-30-23-10-9-22(32-25(23)24)17-11-20(28)27(35)21(29)12-17;;/h9-13,15-16,18,35H,3-8,14H2,1-2H3,(H,30,31);2*1H. The van der Waals surface area contributed by atoms with Crippen molar-refractivity contribution in [3.05, 3.63) is 46.1 Å². The molecule has 2 aliphatic carbocycles. The van der Waals surface area contributed by atoms with Crippen LogP contribution in [0.25, 0.3) is 22.3 Å². The van der Waals surface area contributed by atoms with Gasteiger partial charge >= 0.3 is 0 Å². The number of hydrogen-bond donors (Lipinski definition) is 2. The number of phenolic OH excluding ortho intramolecular Hbond substituents is 1. The molecule has 2 N–H and O–H groups in total. The van der Waals surface area contributed by atoms with E-state index in [4.69, 9.17) is 28.2 Å². The summed E-state index contributed by atoms with van der Waals surface area (Å²) in [7, 11) is 4.25. The number of pyridine rings is 2. The Balaban J connectivity index is 0.00000190. The molecular weight excluding hydrogens is 554 g/mol. The minimum Gasteiger partial charge on any atom is -0.505 e. The average molecular weight is 586 g/mol. The van der Waals surface area contributed by atoms with E-state index in [1.54, 1.807) is 18.3 Å². The zero-order valence-corrected chi connectivity index (χ0v) is 24.0. The van der Waals surface area contributed by atoms with Crippen molar-refractivity contribution in [1.82, 2.24) is 14.9 Å². The van der Waals surface area contributed by atoms with Gasteiger partial charge in [0.15, 0.2) is 11.5 Å². The number of ketones is 1. The Hall–Kier alpha value is -1.83. The molecule has 0 aliphatic heterocycles. The molecule has 0 spiro atoms. The lowest BCUT2D eigenvalue weighted by molar-refractivity contribution is 0.0968. The number of anilines is 1. The van der Waals surface area contributed by atoms with E-state index in [2.05, 4.69) is 29.3 Å². The van der Waals surface area contributed by atoms with Crippen LogP contribution in [-0.2, 0) is 0 Å². The second-order valence-electron chi connectivity index (χ2n) is 10.2. The maximum absolute atomic E-state index is 13.2. The summed E-state index contributed by atoms with van der Waals surface area (Å²) in [6.45, 7) is 1.11. The van der Waals surface area contributed by atoms with Gasteiger partial charge in [0.2, 0.25) is 0 Å². The van der Waals surface area contributed by atoms with Gasteiger partial charge in [-0.3, -0.25) is 9.78 Å². The number of benzene rings is 1. The van der Waals surface area contributed by atoms with Crippen molar-refractivity contribution >= 4 is 70.5 Å². The van der Waals surface area contributed by atoms with Crippen LogP contribution in [0.3, 0.4) is 0 Å². The third-order valence-electron chi connectivity index (χ3n) is 7.06. The Bertz CT molecular complexity index is 1250. The molecule has 5 rings (SSSR count). The fourth-order valence-electron chi connectivity index (χ4n) is 5.05. The van der Waals surface area contributed by atoms with E-state index in [1.807, 2.05) is 12.1 Å². The minimum absolute atomic E-state index is 0. The van der Waals surface area contributed by atoms with Gasteiger partial charge in [-0.15, -0.1) is 24.8 Å². The fourth-order valence-corrected chi connectivity index (χ4v) is 5.54. The zero-order chi connectivity index (χ0) is 24.7. The monoisotopic (exact) mass is 584 g/mol. The first-order valence-electron chi connectivity index (χ1n) is 12.2. The fraction of sp³-hybridized carbons (Fsp3) is 0.444.